The molecule has 0 saturated heterocycles. The molecule has 0 aliphatic carbocycles. The summed E-state index contributed by atoms with van der Waals surface area (Å²) in [6.07, 6.45) is 3.18. The highest BCUT2D eigenvalue weighted by Crippen LogP contribution is 2.03. The van der Waals surface area contributed by atoms with Crippen molar-refractivity contribution in [3.8, 4) is 6.07 Å². The molecule has 0 spiro atoms. The topological polar surface area (TPSA) is 63.2 Å². The Bertz CT molecular complexity index is 411. The van der Waals surface area contributed by atoms with Gasteiger partial charge in [0.15, 0.2) is 11.5 Å². The van der Waals surface area contributed by atoms with Gasteiger partial charge in [-0.2, -0.15) is 5.26 Å². The van der Waals surface area contributed by atoms with Crippen LogP contribution < -0.4 is 0 Å². The van der Waals surface area contributed by atoms with Crippen molar-refractivity contribution >= 4 is 14.5 Å². The van der Waals surface area contributed by atoms with Crippen LogP contribution in [-0.4, -0.2) is 24.1 Å². The summed E-state index contributed by atoms with van der Waals surface area (Å²) in [6.45, 7) is 6.14. The number of hydrogen-bond acceptors (Lipinski definition) is 4. The van der Waals surface area contributed by atoms with Crippen LogP contribution >= 0.6 is 0 Å². The van der Waals surface area contributed by atoms with Crippen molar-refractivity contribution in [3.05, 3.63) is 17.7 Å². The van der Waals surface area contributed by atoms with E-state index in [2.05, 4.69) is 10.1 Å². The molecule has 0 aliphatic rings. The lowest BCUT2D eigenvalue weighted by molar-refractivity contribution is 0.337. The maximum Gasteiger partial charge on any atom is 0.278 e. The Hall–Kier alpha value is -1.61. The molecule has 15 heavy (non-hydrogen) atoms. The van der Waals surface area contributed by atoms with E-state index < -0.39 is 8.32 Å². The number of nitriles is 1. The first-order valence-corrected chi connectivity index (χ1v) is 7.98. The average Bonchev–Trinajstić information content (AvgIpc) is 2.45. The highest BCUT2D eigenvalue weighted by molar-refractivity contribution is 6.69. The van der Waals surface area contributed by atoms with Crippen LogP contribution in [0.25, 0.3) is 0 Å². The molecule has 0 fully saturated rings. The van der Waals surface area contributed by atoms with Crippen LogP contribution in [0.4, 0.5) is 0 Å². The molecule has 0 N–H and O–H groups in total. The van der Waals surface area contributed by atoms with Gasteiger partial charge in [-0.05, 0) is 19.6 Å². The Morgan fingerprint density at radius 1 is 1.60 bits per heavy atom. The Labute approximate surface area is 90.1 Å². The smallest absolute Gasteiger partial charge is 0.278 e. The summed E-state index contributed by atoms with van der Waals surface area (Å²) in [4.78, 5) is 4.04. The fraction of sp³-hybridized carbons (Fsp3) is 0.444. The second kappa shape index (κ2) is 4.27. The lowest BCUT2D eigenvalue weighted by atomic mass is 10.5. The van der Waals surface area contributed by atoms with E-state index in [-0.39, 0.29) is 0 Å². The number of nitrogens with zero attached hydrogens (tertiary/aromatic N) is 4. The summed E-state index contributed by atoms with van der Waals surface area (Å²) in [7, 11) is 0.179. The first-order valence-electron chi connectivity index (χ1n) is 4.57. The summed E-state index contributed by atoms with van der Waals surface area (Å²) in [5, 5.41) is 12.5. The van der Waals surface area contributed by atoms with Gasteiger partial charge in [-0.15, -0.1) is 5.16 Å². The van der Waals surface area contributed by atoms with E-state index >= 15 is 0 Å². The third-order valence-electron chi connectivity index (χ3n) is 1.52. The van der Waals surface area contributed by atoms with Crippen LogP contribution in [0.3, 0.4) is 0 Å². The van der Waals surface area contributed by atoms with Crippen molar-refractivity contribution in [3.63, 3.8) is 0 Å². The van der Waals surface area contributed by atoms with Gasteiger partial charge in [0.1, 0.15) is 12.3 Å². The minimum atomic E-state index is -1.63. The van der Waals surface area contributed by atoms with Crippen LogP contribution in [0.2, 0.25) is 19.6 Å². The van der Waals surface area contributed by atoms with Gasteiger partial charge in [0.25, 0.3) is 8.32 Å². The number of rotatable bonds is 3. The van der Waals surface area contributed by atoms with E-state index in [4.69, 9.17) is 9.79 Å². The molecule has 0 aromatic carbocycles. The lowest BCUT2D eigenvalue weighted by Gasteiger charge is -2.11. The van der Waals surface area contributed by atoms with Crippen molar-refractivity contribution in [2.75, 3.05) is 0 Å². The minimum absolute atomic E-state index is 0.381. The quantitative estimate of drug-likeness (QED) is 0.442. The highest BCUT2D eigenvalue weighted by atomic mass is 28.4. The molecular weight excluding hydrogens is 208 g/mol. The second-order valence-corrected chi connectivity index (χ2v) is 8.55. The van der Waals surface area contributed by atoms with Gasteiger partial charge < -0.3 is 9.09 Å². The fourth-order valence-corrected chi connectivity index (χ4v) is 1.26. The van der Waals surface area contributed by atoms with Gasteiger partial charge in [0.2, 0.25) is 0 Å². The maximum atomic E-state index is 8.64. The summed E-state index contributed by atoms with van der Waals surface area (Å²) in [6, 6.07) is 1.97. The zero-order chi connectivity index (χ0) is 11.5. The van der Waals surface area contributed by atoms with Crippen molar-refractivity contribution < 1.29 is 4.53 Å². The highest BCUT2D eigenvalue weighted by Gasteiger charge is 2.15. The molecular formula is C9H14N4OSi. The van der Waals surface area contributed by atoms with Gasteiger partial charge in [-0.3, -0.25) is 0 Å². The third-order valence-corrected chi connectivity index (χ3v) is 2.17. The molecule has 6 heteroatoms. The Balaban J connectivity index is 2.73. The van der Waals surface area contributed by atoms with Crippen LogP contribution in [-0.2, 0) is 11.6 Å². The summed E-state index contributed by atoms with van der Waals surface area (Å²) in [5.74, 6) is 0.616. The number of aromatic nitrogens is 2. The molecule has 0 saturated carbocycles. The van der Waals surface area contributed by atoms with Crippen molar-refractivity contribution in [2.45, 2.75) is 19.6 Å². The monoisotopic (exact) mass is 222 g/mol. The molecule has 0 radical (unpaired) electrons. The SMILES string of the molecule is Cn1cc(C#N)nc1/C=N/O[Si](C)(C)C. The van der Waals surface area contributed by atoms with E-state index in [0.717, 1.165) is 0 Å². The molecule has 1 aromatic heterocycles. The standard InChI is InChI=1S/C9H14N4OSi/c1-13-7-8(5-10)12-9(13)6-11-14-15(2,3)4/h6-7H,1-4H3/b11-6+. The molecule has 1 aromatic rings. The Kier molecular flexibility index (Phi) is 3.27. The minimum Gasteiger partial charge on any atom is -0.456 e. The third kappa shape index (κ3) is 3.56. The van der Waals surface area contributed by atoms with E-state index in [9.17, 15) is 0 Å². The summed E-state index contributed by atoms with van der Waals surface area (Å²) in [5.41, 5.74) is 0.381. The van der Waals surface area contributed by atoms with Gasteiger partial charge >= 0.3 is 0 Å². The molecule has 0 aliphatic heterocycles. The van der Waals surface area contributed by atoms with E-state index in [1.54, 1.807) is 10.8 Å². The van der Waals surface area contributed by atoms with Crippen LogP contribution in [0.1, 0.15) is 11.5 Å². The number of hydrogen-bond donors (Lipinski definition) is 0. The first kappa shape index (κ1) is 11.5. The summed E-state index contributed by atoms with van der Waals surface area (Å²) < 4.78 is 7.04. The Morgan fingerprint density at radius 3 is 2.73 bits per heavy atom. The van der Waals surface area contributed by atoms with E-state index in [1.807, 2.05) is 32.8 Å². The van der Waals surface area contributed by atoms with Crippen molar-refractivity contribution in [1.82, 2.24) is 9.55 Å². The molecule has 0 unspecified atom stereocenters. The fourth-order valence-electron chi connectivity index (χ4n) is 0.886. The van der Waals surface area contributed by atoms with Crippen molar-refractivity contribution in [2.24, 2.45) is 12.2 Å². The summed E-state index contributed by atoms with van der Waals surface area (Å²) >= 11 is 0. The van der Waals surface area contributed by atoms with Gasteiger partial charge in [-0.1, -0.05) is 0 Å². The van der Waals surface area contributed by atoms with Gasteiger partial charge in [-0.25, -0.2) is 4.98 Å². The lowest BCUT2D eigenvalue weighted by Crippen LogP contribution is -2.22. The molecule has 0 bridgehead atoms. The van der Waals surface area contributed by atoms with Crippen LogP contribution in [0.5, 0.6) is 0 Å². The number of aryl methyl sites for hydroxylation is 1. The predicted molar refractivity (Wildman–Crippen MR) is 59.9 cm³/mol. The van der Waals surface area contributed by atoms with E-state index in [1.165, 1.54) is 6.21 Å². The van der Waals surface area contributed by atoms with Gasteiger partial charge in [0, 0.05) is 13.2 Å². The largest absolute Gasteiger partial charge is 0.456 e. The molecule has 0 amide bonds. The predicted octanol–water partition coefficient (Wildman–Crippen LogP) is 1.48. The normalized spacial score (nSPS) is 11.7. The van der Waals surface area contributed by atoms with Gasteiger partial charge in [0.05, 0.1) is 0 Å². The average molecular weight is 222 g/mol. The molecule has 5 nitrogen and oxygen atoms in total. The first-order chi connectivity index (χ1) is 6.92. The maximum absolute atomic E-state index is 8.64. The number of imidazole rings is 1. The zero-order valence-corrected chi connectivity index (χ0v) is 10.4. The van der Waals surface area contributed by atoms with Crippen LogP contribution in [0, 0.1) is 11.3 Å². The van der Waals surface area contributed by atoms with E-state index in [0.29, 0.717) is 11.5 Å². The Morgan fingerprint density at radius 2 is 2.27 bits per heavy atom. The second-order valence-electron chi connectivity index (χ2n) is 4.15. The number of oxime groups is 1. The zero-order valence-electron chi connectivity index (χ0n) is 9.35. The van der Waals surface area contributed by atoms with Crippen molar-refractivity contribution in [1.29, 1.82) is 5.26 Å². The van der Waals surface area contributed by atoms with Crippen LogP contribution in [0.15, 0.2) is 11.4 Å². The molecule has 1 rings (SSSR count). The molecule has 80 valence electrons. The molecule has 1 heterocycles. The molecule has 0 atom stereocenters.